The summed E-state index contributed by atoms with van der Waals surface area (Å²) in [6, 6.07) is 0. The summed E-state index contributed by atoms with van der Waals surface area (Å²) in [5.41, 5.74) is 1.02. The lowest BCUT2D eigenvalue weighted by atomic mass is 9.82. The first-order chi connectivity index (χ1) is 7.53. The lowest BCUT2D eigenvalue weighted by Crippen LogP contribution is -2.36. The van der Waals surface area contributed by atoms with Crippen molar-refractivity contribution in [2.75, 3.05) is 0 Å². The molecule has 2 rings (SSSR count). The Morgan fingerprint density at radius 2 is 2.31 bits per heavy atom. The highest BCUT2D eigenvalue weighted by Crippen LogP contribution is 2.49. The molecule has 0 aromatic heterocycles. The van der Waals surface area contributed by atoms with E-state index < -0.39 is 0 Å². The van der Waals surface area contributed by atoms with E-state index in [1.165, 1.54) is 12.5 Å². The van der Waals surface area contributed by atoms with Gasteiger partial charge in [0.25, 0.3) is 0 Å². The SMILES string of the molecule is C=C1CC=CC[C@H]2[C@@H]1CC[C@@]2(C)OC(C)=O. The van der Waals surface area contributed by atoms with Crippen LogP contribution in [0.25, 0.3) is 0 Å². The Morgan fingerprint density at radius 3 is 3.00 bits per heavy atom. The van der Waals surface area contributed by atoms with Gasteiger partial charge in [0.15, 0.2) is 0 Å². The second kappa shape index (κ2) is 4.08. The van der Waals surface area contributed by atoms with E-state index in [2.05, 4.69) is 25.7 Å². The van der Waals surface area contributed by atoms with Crippen LogP contribution in [-0.4, -0.2) is 11.6 Å². The van der Waals surface area contributed by atoms with Crippen molar-refractivity contribution >= 4 is 5.97 Å². The summed E-state index contributed by atoms with van der Waals surface area (Å²) >= 11 is 0. The molecule has 1 fully saturated rings. The largest absolute Gasteiger partial charge is 0.459 e. The van der Waals surface area contributed by atoms with Crippen LogP contribution in [0.4, 0.5) is 0 Å². The van der Waals surface area contributed by atoms with Crippen LogP contribution in [0.15, 0.2) is 24.3 Å². The second-order valence-corrected chi connectivity index (χ2v) is 5.23. The molecule has 2 heteroatoms. The highest BCUT2D eigenvalue weighted by molar-refractivity contribution is 5.66. The topological polar surface area (TPSA) is 26.3 Å². The van der Waals surface area contributed by atoms with Gasteiger partial charge in [-0.3, -0.25) is 4.79 Å². The number of carbonyl (C=O) groups excluding carboxylic acids is 1. The van der Waals surface area contributed by atoms with E-state index in [4.69, 9.17) is 4.74 Å². The third-order valence-electron chi connectivity index (χ3n) is 4.06. The first-order valence-electron chi connectivity index (χ1n) is 6.05. The van der Waals surface area contributed by atoms with Gasteiger partial charge in [-0.1, -0.05) is 24.3 Å². The molecule has 88 valence electrons. The molecular weight excluding hydrogens is 200 g/mol. The average molecular weight is 220 g/mol. The minimum atomic E-state index is -0.284. The van der Waals surface area contributed by atoms with Crippen molar-refractivity contribution < 1.29 is 9.53 Å². The molecule has 2 aliphatic rings. The van der Waals surface area contributed by atoms with Crippen molar-refractivity contribution in [3.63, 3.8) is 0 Å². The van der Waals surface area contributed by atoms with Crippen molar-refractivity contribution in [2.24, 2.45) is 11.8 Å². The smallest absolute Gasteiger partial charge is 0.303 e. The zero-order valence-corrected chi connectivity index (χ0v) is 10.2. The van der Waals surface area contributed by atoms with Crippen LogP contribution in [0.5, 0.6) is 0 Å². The molecule has 0 unspecified atom stereocenters. The molecule has 0 bridgehead atoms. The quantitative estimate of drug-likeness (QED) is 0.501. The summed E-state index contributed by atoms with van der Waals surface area (Å²) in [5.74, 6) is 0.781. The van der Waals surface area contributed by atoms with Gasteiger partial charge in [-0.15, -0.1) is 0 Å². The number of hydrogen-bond acceptors (Lipinski definition) is 2. The summed E-state index contributed by atoms with van der Waals surface area (Å²) in [4.78, 5) is 11.2. The number of esters is 1. The first kappa shape index (κ1) is 11.4. The van der Waals surface area contributed by atoms with Gasteiger partial charge in [0.2, 0.25) is 0 Å². The van der Waals surface area contributed by atoms with Gasteiger partial charge in [0.1, 0.15) is 5.60 Å². The van der Waals surface area contributed by atoms with E-state index in [9.17, 15) is 4.79 Å². The van der Waals surface area contributed by atoms with Crippen LogP contribution in [0.1, 0.15) is 39.5 Å². The third kappa shape index (κ3) is 1.93. The van der Waals surface area contributed by atoms with E-state index in [0.29, 0.717) is 11.8 Å². The lowest BCUT2D eigenvalue weighted by Gasteiger charge is -2.32. The number of ether oxygens (including phenoxy) is 1. The monoisotopic (exact) mass is 220 g/mol. The maximum atomic E-state index is 11.2. The zero-order chi connectivity index (χ0) is 11.8. The molecule has 3 atom stereocenters. The van der Waals surface area contributed by atoms with Crippen LogP contribution < -0.4 is 0 Å². The van der Waals surface area contributed by atoms with Gasteiger partial charge in [-0.25, -0.2) is 0 Å². The van der Waals surface area contributed by atoms with Crippen molar-refractivity contribution in [2.45, 2.75) is 45.1 Å². The van der Waals surface area contributed by atoms with E-state index in [0.717, 1.165) is 25.7 Å². The Balaban J connectivity index is 2.22. The molecule has 2 nitrogen and oxygen atoms in total. The van der Waals surface area contributed by atoms with Crippen LogP contribution in [-0.2, 0) is 9.53 Å². The molecule has 0 heterocycles. The number of fused-ring (bicyclic) bond motifs is 1. The minimum absolute atomic E-state index is 0.165. The fraction of sp³-hybridized carbons (Fsp3) is 0.643. The van der Waals surface area contributed by atoms with Crippen molar-refractivity contribution in [3.05, 3.63) is 24.3 Å². The molecule has 0 aromatic rings. The molecule has 0 aromatic carbocycles. The van der Waals surface area contributed by atoms with E-state index in [1.807, 2.05) is 0 Å². The Hall–Kier alpha value is -1.05. The number of allylic oxidation sites excluding steroid dienone is 3. The Morgan fingerprint density at radius 1 is 1.56 bits per heavy atom. The molecular formula is C14H20O2. The molecule has 0 spiro atoms. The maximum absolute atomic E-state index is 11.2. The maximum Gasteiger partial charge on any atom is 0.303 e. The Kier molecular flexibility index (Phi) is 2.92. The number of hydrogen-bond donors (Lipinski definition) is 0. The predicted octanol–water partition coefficient (Wildman–Crippen LogP) is 3.24. The molecule has 0 N–H and O–H groups in total. The van der Waals surface area contributed by atoms with Gasteiger partial charge in [0, 0.05) is 12.8 Å². The summed E-state index contributed by atoms with van der Waals surface area (Å²) < 4.78 is 5.56. The summed E-state index contributed by atoms with van der Waals surface area (Å²) in [7, 11) is 0. The van der Waals surface area contributed by atoms with E-state index >= 15 is 0 Å². The fourth-order valence-corrected chi connectivity index (χ4v) is 3.24. The van der Waals surface area contributed by atoms with Crippen LogP contribution in [0.3, 0.4) is 0 Å². The molecule has 0 saturated heterocycles. The average Bonchev–Trinajstić information content (AvgIpc) is 2.39. The molecule has 0 aliphatic heterocycles. The predicted molar refractivity (Wildman–Crippen MR) is 63.9 cm³/mol. The Bertz CT molecular complexity index is 343. The van der Waals surface area contributed by atoms with Crippen molar-refractivity contribution in [1.82, 2.24) is 0 Å². The lowest BCUT2D eigenvalue weighted by molar-refractivity contribution is -0.159. The standard InChI is InChI=1S/C14H20O2/c1-10-6-4-5-7-13-12(10)8-9-14(13,3)16-11(2)15/h4-5,12-13H,1,6-9H2,2-3H3/t12-,13+,14-/m1/s1. The summed E-state index contributed by atoms with van der Waals surface area (Å²) in [5, 5.41) is 0. The number of carbonyl (C=O) groups is 1. The summed E-state index contributed by atoms with van der Waals surface area (Å²) in [6.45, 7) is 7.74. The van der Waals surface area contributed by atoms with Crippen molar-refractivity contribution in [3.8, 4) is 0 Å². The molecule has 0 radical (unpaired) electrons. The molecule has 2 aliphatic carbocycles. The number of rotatable bonds is 1. The third-order valence-corrected chi connectivity index (χ3v) is 4.06. The van der Waals surface area contributed by atoms with Gasteiger partial charge in [-0.2, -0.15) is 0 Å². The second-order valence-electron chi connectivity index (χ2n) is 5.23. The Labute approximate surface area is 97.4 Å². The van der Waals surface area contributed by atoms with Crippen molar-refractivity contribution in [1.29, 1.82) is 0 Å². The van der Waals surface area contributed by atoms with Crippen LogP contribution in [0, 0.1) is 11.8 Å². The zero-order valence-electron chi connectivity index (χ0n) is 10.2. The first-order valence-corrected chi connectivity index (χ1v) is 6.05. The van der Waals surface area contributed by atoms with E-state index in [1.54, 1.807) is 0 Å². The van der Waals surface area contributed by atoms with E-state index in [-0.39, 0.29) is 11.6 Å². The molecule has 0 amide bonds. The van der Waals surface area contributed by atoms with Gasteiger partial charge < -0.3 is 4.74 Å². The van der Waals surface area contributed by atoms with Gasteiger partial charge >= 0.3 is 5.97 Å². The molecule has 16 heavy (non-hydrogen) atoms. The highest BCUT2D eigenvalue weighted by atomic mass is 16.6. The summed E-state index contributed by atoms with van der Waals surface area (Å²) in [6.07, 6.45) is 8.46. The normalized spacial score (nSPS) is 38.0. The van der Waals surface area contributed by atoms with Gasteiger partial charge in [-0.05, 0) is 38.5 Å². The molecule has 1 saturated carbocycles. The van der Waals surface area contributed by atoms with Crippen LogP contribution >= 0.6 is 0 Å². The van der Waals surface area contributed by atoms with Gasteiger partial charge in [0.05, 0.1) is 0 Å². The fourth-order valence-electron chi connectivity index (χ4n) is 3.24. The minimum Gasteiger partial charge on any atom is -0.459 e. The highest BCUT2D eigenvalue weighted by Gasteiger charge is 2.47. The van der Waals surface area contributed by atoms with Crippen LogP contribution in [0.2, 0.25) is 0 Å².